The second-order valence-corrected chi connectivity index (χ2v) is 8.66. The number of hydrogen-bond acceptors (Lipinski definition) is 0. The van der Waals surface area contributed by atoms with Gasteiger partial charge in [-0.25, -0.2) is 0 Å². The molecule has 0 fully saturated rings. The van der Waals surface area contributed by atoms with Gasteiger partial charge in [0.05, 0.1) is 0 Å². The molecule has 0 aliphatic carbocycles. The molecule has 4 aromatic rings. The maximum absolute atomic E-state index is 4.53. The maximum atomic E-state index is 4.53. The van der Waals surface area contributed by atoms with Crippen molar-refractivity contribution in [2.24, 2.45) is 0 Å². The lowest BCUT2D eigenvalue weighted by atomic mass is 10.1. The van der Waals surface area contributed by atoms with Crippen LogP contribution in [0.5, 0.6) is 0 Å². The number of hydrogen-bond donors (Lipinski definition) is 0. The van der Waals surface area contributed by atoms with Crippen LogP contribution in [0.25, 0.3) is 16.0 Å². The highest BCUT2D eigenvalue weighted by molar-refractivity contribution is 6.99. The highest BCUT2D eigenvalue weighted by atomic mass is 28.3. The molecule has 119 valence electrons. The summed E-state index contributed by atoms with van der Waals surface area (Å²) in [5.41, 5.74) is 1.24. The average Bonchev–Trinajstić information content (AvgIpc) is 2.69. The zero-order valence-electron chi connectivity index (χ0n) is 14.0. The molecule has 0 N–H and O–H groups in total. The number of fused-ring (bicyclic) bond motifs is 1. The Morgan fingerprint density at radius 3 is 1.68 bits per heavy atom. The average molecular weight is 336 g/mol. The monoisotopic (exact) mass is 335 g/mol. The Morgan fingerprint density at radius 2 is 1.08 bits per heavy atom. The van der Waals surface area contributed by atoms with E-state index in [4.69, 9.17) is 0 Å². The van der Waals surface area contributed by atoms with Crippen molar-refractivity contribution < 1.29 is 0 Å². The first-order chi connectivity index (χ1) is 12.3. The molecule has 4 aromatic carbocycles. The lowest BCUT2D eigenvalue weighted by Gasteiger charge is -2.19. The SMILES string of the molecule is C=C(c1ccc2ccccc2c1)[Si](c1ccccc1)c1ccccc1. The van der Waals surface area contributed by atoms with Crippen LogP contribution in [0.1, 0.15) is 5.56 Å². The van der Waals surface area contributed by atoms with E-state index in [1.54, 1.807) is 0 Å². The predicted octanol–water partition coefficient (Wildman–Crippen LogP) is 4.70. The molecular weight excluding hydrogens is 316 g/mol. The van der Waals surface area contributed by atoms with Crippen LogP contribution < -0.4 is 10.4 Å². The van der Waals surface area contributed by atoms with E-state index in [0.29, 0.717) is 0 Å². The lowest BCUT2D eigenvalue weighted by molar-refractivity contribution is 1.68. The van der Waals surface area contributed by atoms with Crippen molar-refractivity contribution in [2.75, 3.05) is 0 Å². The van der Waals surface area contributed by atoms with Crippen LogP contribution >= 0.6 is 0 Å². The minimum Gasteiger partial charge on any atom is -0.0986 e. The quantitative estimate of drug-likeness (QED) is 0.474. The minimum atomic E-state index is -1.09. The van der Waals surface area contributed by atoms with Crippen LogP contribution in [0.4, 0.5) is 0 Å². The molecule has 0 bridgehead atoms. The van der Waals surface area contributed by atoms with E-state index in [1.165, 1.54) is 31.9 Å². The van der Waals surface area contributed by atoms with Crippen molar-refractivity contribution in [1.82, 2.24) is 0 Å². The highest BCUT2D eigenvalue weighted by Crippen LogP contribution is 2.22. The minimum absolute atomic E-state index is 1.09. The zero-order chi connectivity index (χ0) is 17.1. The van der Waals surface area contributed by atoms with E-state index in [0.717, 1.165) is 0 Å². The van der Waals surface area contributed by atoms with Crippen molar-refractivity contribution in [1.29, 1.82) is 0 Å². The second kappa shape index (κ2) is 6.92. The highest BCUT2D eigenvalue weighted by Gasteiger charge is 2.21. The van der Waals surface area contributed by atoms with Crippen LogP contribution in [0.15, 0.2) is 110 Å². The second-order valence-electron chi connectivity index (χ2n) is 6.15. The summed E-state index contributed by atoms with van der Waals surface area (Å²) in [6.07, 6.45) is 0. The van der Waals surface area contributed by atoms with Gasteiger partial charge in [-0.3, -0.25) is 0 Å². The van der Waals surface area contributed by atoms with Gasteiger partial charge in [-0.2, -0.15) is 0 Å². The lowest BCUT2D eigenvalue weighted by Crippen LogP contribution is -2.43. The zero-order valence-corrected chi connectivity index (χ0v) is 15.0. The molecule has 0 spiro atoms. The van der Waals surface area contributed by atoms with E-state index < -0.39 is 8.80 Å². The third kappa shape index (κ3) is 3.19. The Kier molecular flexibility index (Phi) is 4.32. The van der Waals surface area contributed by atoms with E-state index in [-0.39, 0.29) is 0 Å². The third-order valence-corrected chi connectivity index (χ3v) is 7.24. The topological polar surface area (TPSA) is 0 Å². The standard InChI is InChI=1S/C24H19Si/c1-19(21-17-16-20-10-8-9-11-22(20)18-21)25(23-12-4-2-5-13-23)24-14-6-3-7-15-24/h2-18H,1H2. The van der Waals surface area contributed by atoms with E-state index >= 15 is 0 Å². The fraction of sp³-hybridized carbons (Fsp3) is 0. The van der Waals surface area contributed by atoms with Crippen LogP contribution in [-0.4, -0.2) is 8.80 Å². The Hall–Kier alpha value is -2.90. The van der Waals surface area contributed by atoms with Crippen LogP contribution in [0, 0.1) is 0 Å². The van der Waals surface area contributed by atoms with Crippen molar-refractivity contribution in [3.63, 3.8) is 0 Å². The van der Waals surface area contributed by atoms with E-state index in [2.05, 4.69) is 110 Å². The Morgan fingerprint density at radius 1 is 0.560 bits per heavy atom. The summed E-state index contributed by atoms with van der Waals surface area (Å²) in [7, 11) is -1.09. The van der Waals surface area contributed by atoms with Gasteiger partial charge in [0.25, 0.3) is 0 Å². The fourth-order valence-corrected chi connectivity index (χ4v) is 5.77. The molecule has 0 saturated heterocycles. The Balaban J connectivity index is 1.82. The molecule has 0 heterocycles. The fourth-order valence-electron chi connectivity index (χ4n) is 3.25. The van der Waals surface area contributed by atoms with Gasteiger partial charge in [0.15, 0.2) is 8.80 Å². The van der Waals surface area contributed by atoms with Gasteiger partial charge in [0, 0.05) is 0 Å². The van der Waals surface area contributed by atoms with Gasteiger partial charge in [-0.05, 0) is 22.4 Å². The van der Waals surface area contributed by atoms with Crippen molar-refractivity contribution in [2.45, 2.75) is 0 Å². The van der Waals surface area contributed by atoms with Crippen molar-refractivity contribution in [3.8, 4) is 0 Å². The molecule has 0 aliphatic heterocycles. The molecule has 0 aliphatic rings. The summed E-state index contributed by atoms with van der Waals surface area (Å²) in [6, 6.07) is 36.7. The summed E-state index contributed by atoms with van der Waals surface area (Å²) in [5, 5.41) is 6.51. The van der Waals surface area contributed by atoms with Gasteiger partial charge in [0.2, 0.25) is 0 Å². The first-order valence-electron chi connectivity index (χ1n) is 8.49. The molecule has 0 aromatic heterocycles. The van der Waals surface area contributed by atoms with E-state index in [9.17, 15) is 0 Å². The summed E-state index contributed by atoms with van der Waals surface area (Å²) in [4.78, 5) is 0. The normalized spacial score (nSPS) is 10.9. The summed E-state index contributed by atoms with van der Waals surface area (Å²) >= 11 is 0. The Labute approximate surface area is 150 Å². The predicted molar refractivity (Wildman–Crippen MR) is 111 cm³/mol. The third-order valence-electron chi connectivity index (χ3n) is 4.52. The molecular formula is C24H19Si. The molecule has 0 saturated carbocycles. The molecule has 0 unspecified atom stereocenters. The molecule has 25 heavy (non-hydrogen) atoms. The summed E-state index contributed by atoms with van der Waals surface area (Å²) in [5.74, 6) is 0. The van der Waals surface area contributed by atoms with Crippen LogP contribution in [0.2, 0.25) is 0 Å². The molecule has 4 rings (SSSR count). The number of benzene rings is 4. The van der Waals surface area contributed by atoms with Crippen LogP contribution in [0.3, 0.4) is 0 Å². The van der Waals surface area contributed by atoms with Gasteiger partial charge in [0.1, 0.15) is 0 Å². The van der Waals surface area contributed by atoms with Gasteiger partial charge in [-0.1, -0.05) is 119 Å². The summed E-state index contributed by atoms with van der Waals surface area (Å²) < 4.78 is 0. The summed E-state index contributed by atoms with van der Waals surface area (Å²) in [6.45, 7) is 4.53. The van der Waals surface area contributed by atoms with Gasteiger partial charge >= 0.3 is 0 Å². The molecule has 1 radical (unpaired) electrons. The largest absolute Gasteiger partial charge is 0.154 e. The van der Waals surface area contributed by atoms with Gasteiger partial charge < -0.3 is 0 Å². The maximum Gasteiger partial charge on any atom is 0.154 e. The Bertz CT molecular complexity index is 964. The molecule has 1 heteroatoms. The number of rotatable bonds is 4. The van der Waals surface area contributed by atoms with Crippen molar-refractivity contribution >= 4 is 35.1 Å². The van der Waals surface area contributed by atoms with Crippen molar-refractivity contribution in [3.05, 3.63) is 115 Å². The first-order valence-corrected chi connectivity index (χ1v) is 9.99. The first kappa shape index (κ1) is 15.6. The molecule has 0 nitrogen and oxygen atoms in total. The van der Waals surface area contributed by atoms with Gasteiger partial charge in [-0.15, -0.1) is 0 Å². The van der Waals surface area contributed by atoms with Crippen LogP contribution in [-0.2, 0) is 0 Å². The smallest absolute Gasteiger partial charge is 0.0986 e. The van der Waals surface area contributed by atoms with E-state index in [1.807, 2.05) is 0 Å². The molecule has 0 atom stereocenters. The molecule has 0 amide bonds.